The Bertz CT molecular complexity index is 1110. The summed E-state index contributed by atoms with van der Waals surface area (Å²) in [5.74, 6) is -4.80. The molecule has 3 heterocycles. The molecule has 4 rings (SSSR count). The highest BCUT2D eigenvalue weighted by atomic mass is 35.5. The van der Waals surface area contributed by atoms with Crippen molar-refractivity contribution >= 4 is 29.4 Å². The highest BCUT2D eigenvalue weighted by Gasteiger charge is 2.42. The molecule has 0 spiro atoms. The third-order valence-corrected chi connectivity index (χ3v) is 5.00. The van der Waals surface area contributed by atoms with Gasteiger partial charge in [0.15, 0.2) is 11.6 Å². The number of benzene rings is 1. The van der Waals surface area contributed by atoms with Gasteiger partial charge in [-0.2, -0.15) is 5.26 Å². The van der Waals surface area contributed by atoms with Crippen molar-refractivity contribution in [2.75, 3.05) is 18.0 Å². The Morgan fingerprint density at radius 1 is 1.23 bits per heavy atom. The molecule has 1 saturated heterocycles. The Balaban J connectivity index is 0.00000256. The van der Waals surface area contributed by atoms with E-state index in [2.05, 4.69) is 9.97 Å². The summed E-state index contributed by atoms with van der Waals surface area (Å²) in [4.78, 5) is 10.1. The van der Waals surface area contributed by atoms with Gasteiger partial charge in [0.25, 0.3) is 5.92 Å². The minimum Gasteiger partial charge on any atom is -0.340 e. The van der Waals surface area contributed by atoms with Gasteiger partial charge in [-0.05, 0) is 12.1 Å². The van der Waals surface area contributed by atoms with Crippen LogP contribution in [0.5, 0.6) is 0 Å². The Kier molecular flexibility index (Phi) is 5.87. The maximum atomic E-state index is 13.9. The molecule has 1 aromatic carbocycles. The van der Waals surface area contributed by atoms with E-state index in [1.807, 2.05) is 6.07 Å². The second-order valence-corrected chi connectivity index (χ2v) is 6.97. The van der Waals surface area contributed by atoms with Crippen LogP contribution in [0.4, 0.5) is 23.5 Å². The van der Waals surface area contributed by atoms with Crippen molar-refractivity contribution in [2.45, 2.75) is 24.9 Å². The molecule has 1 aliphatic heterocycles. The minimum atomic E-state index is -2.99. The summed E-state index contributed by atoms with van der Waals surface area (Å²) in [6, 6.07) is 5.78. The van der Waals surface area contributed by atoms with Crippen molar-refractivity contribution in [1.29, 1.82) is 5.26 Å². The Labute approximate surface area is 175 Å². The number of alkyl halides is 2. The first-order chi connectivity index (χ1) is 13.8. The lowest BCUT2D eigenvalue weighted by molar-refractivity contribution is -0.0395. The zero-order chi connectivity index (χ0) is 20.8. The quantitative estimate of drug-likeness (QED) is 0.632. The van der Waals surface area contributed by atoms with Gasteiger partial charge in [-0.15, -0.1) is 12.4 Å². The van der Waals surface area contributed by atoms with Gasteiger partial charge in [-0.1, -0.05) is 0 Å². The van der Waals surface area contributed by atoms with Gasteiger partial charge in [0.2, 0.25) is 5.95 Å². The van der Waals surface area contributed by atoms with E-state index in [1.54, 1.807) is 21.6 Å². The number of hydrogen-bond acceptors (Lipinski definition) is 5. The van der Waals surface area contributed by atoms with Gasteiger partial charge < -0.3 is 15.2 Å². The molecule has 0 amide bonds. The van der Waals surface area contributed by atoms with Gasteiger partial charge in [-0.3, -0.25) is 4.98 Å². The number of piperidine rings is 1. The number of nitriles is 1. The molecule has 158 valence electrons. The normalized spacial score (nSPS) is 18.1. The monoisotopic (exact) mass is 440 g/mol. The van der Waals surface area contributed by atoms with Gasteiger partial charge >= 0.3 is 0 Å². The van der Waals surface area contributed by atoms with Crippen LogP contribution >= 0.6 is 12.4 Å². The van der Waals surface area contributed by atoms with Gasteiger partial charge in [0.1, 0.15) is 6.07 Å². The lowest BCUT2D eigenvalue weighted by atomic mass is 10.0. The number of halogens is 5. The van der Waals surface area contributed by atoms with Crippen LogP contribution < -0.4 is 10.6 Å². The van der Waals surface area contributed by atoms with E-state index >= 15 is 0 Å². The van der Waals surface area contributed by atoms with E-state index in [0.717, 1.165) is 12.1 Å². The molecule has 11 heteroatoms. The minimum absolute atomic E-state index is 0. The molecular weight excluding hydrogens is 424 g/mol. The molecule has 30 heavy (non-hydrogen) atoms. The largest absolute Gasteiger partial charge is 0.340 e. The number of pyridine rings is 1. The van der Waals surface area contributed by atoms with Crippen LogP contribution in [0.15, 0.2) is 30.5 Å². The van der Waals surface area contributed by atoms with Crippen LogP contribution in [0.2, 0.25) is 0 Å². The molecule has 0 bridgehead atoms. The van der Waals surface area contributed by atoms with Crippen LogP contribution in [0, 0.1) is 23.0 Å². The zero-order valence-corrected chi connectivity index (χ0v) is 16.3. The van der Waals surface area contributed by atoms with Crippen LogP contribution in [-0.2, 0) is 6.54 Å². The summed E-state index contributed by atoms with van der Waals surface area (Å²) in [6.07, 6.45) is 0.945. The summed E-state index contributed by atoms with van der Waals surface area (Å²) < 4.78 is 56.8. The zero-order valence-electron chi connectivity index (χ0n) is 15.5. The highest BCUT2D eigenvalue weighted by Crippen LogP contribution is 2.32. The molecule has 3 aromatic rings. The first-order valence-electron chi connectivity index (χ1n) is 8.87. The van der Waals surface area contributed by atoms with E-state index in [9.17, 15) is 17.6 Å². The Morgan fingerprint density at radius 2 is 1.97 bits per heavy atom. The predicted molar refractivity (Wildman–Crippen MR) is 105 cm³/mol. The SMILES string of the molecule is Cl.N#Cc1ccc(Cn2c(N3CCC(F)(F)C(N)C3)nc3cc(F)c(F)cc32)nc1. The summed E-state index contributed by atoms with van der Waals surface area (Å²) >= 11 is 0. The van der Waals surface area contributed by atoms with Crippen molar-refractivity contribution in [3.63, 3.8) is 0 Å². The van der Waals surface area contributed by atoms with Gasteiger partial charge in [0, 0.05) is 37.8 Å². The molecule has 1 fully saturated rings. The van der Waals surface area contributed by atoms with Crippen LogP contribution in [0.3, 0.4) is 0 Å². The lowest BCUT2D eigenvalue weighted by Crippen LogP contribution is -2.55. The predicted octanol–water partition coefficient (Wildman–Crippen LogP) is 3.22. The van der Waals surface area contributed by atoms with Crippen LogP contribution in [0.1, 0.15) is 17.7 Å². The molecule has 2 aromatic heterocycles. The summed E-state index contributed by atoms with van der Waals surface area (Å²) in [5.41, 5.74) is 7.04. The van der Waals surface area contributed by atoms with E-state index in [1.165, 1.54) is 6.20 Å². The van der Waals surface area contributed by atoms with Crippen LogP contribution in [0.25, 0.3) is 11.0 Å². The molecule has 6 nitrogen and oxygen atoms in total. The fraction of sp³-hybridized carbons (Fsp3) is 0.316. The first-order valence-corrected chi connectivity index (χ1v) is 8.87. The van der Waals surface area contributed by atoms with Crippen molar-refractivity contribution in [3.8, 4) is 6.07 Å². The van der Waals surface area contributed by atoms with E-state index in [-0.39, 0.29) is 43.5 Å². The fourth-order valence-electron chi connectivity index (χ4n) is 3.36. The molecule has 1 atom stereocenters. The number of fused-ring (bicyclic) bond motifs is 1. The van der Waals surface area contributed by atoms with Crippen LogP contribution in [-0.4, -0.2) is 39.6 Å². The number of rotatable bonds is 3. The number of anilines is 1. The molecule has 1 unspecified atom stereocenters. The van der Waals surface area contributed by atoms with Crippen molar-refractivity contribution in [3.05, 3.63) is 53.4 Å². The fourth-order valence-corrected chi connectivity index (χ4v) is 3.36. The molecule has 0 aliphatic carbocycles. The number of aromatic nitrogens is 3. The standard InChI is InChI=1S/C19H16F4N6.ClH/c20-13-5-15-16(6-14(13)21)29(9-12-2-1-11(7-24)8-26-12)18(27-15)28-4-3-19(22,23)17(25)10-28;/h1-2,5-6,8,17H,3-4,9-10,25H2;1H. The lowest BCUT2D eigenvalue weighted by Gasteiger charge is -2.37. The van der Waals surface area contributed by atoms with Crippen molar-refractivity contribution in [2.24, 2.45) is 5.73 Å². The molecule has 0 radical (unpaired) electrons. The van der Waals surface area contributed by atoms with E-state index in [0.29, 0.717) is 16.8 Å². The topological polar surface area (TPSA) is 83.8 Å². The van der Waals surface area contributed by atoms with Gasteiger partial charge in [0.05, 0.1) is 34.9 Å². The Morgan fingerprint density at radius 3 is 2.60 bits per heavy atom. The highest BCUT2D eigenvalue weighted by molar-refractivity contribution is 5.85. The average Bonchev–Trinajstić information content (AvgIpc) is 3.02. The van der Waals surface area contributed by atoms with Gasteiger partial charge in [-0.25, -0.2) is 22.5 Å². The number of imidazole rings is 1. The number of nitrogens with two attached hydrogens (primary N) is 1. The third kappa shape index (κ3) is 3.91. The third-order valence-electron chi connectivity index (χ3n) is 5.00. The summed E-state index contributed by atoms with van der Waals surface area (Å²) in [5, 5.41) is 8.90. The smallest absolute Gasteiger partial charge is 0.266 e. The summed E-state index contributed by atoms with van der Waals surface area (Å²) in [6.45, 7) is -0.0252. The number of nitrogens with zero attached hydrogens (tertiary/aromatic N) is 5. The molecule has 0 saturated carbocycles. The second-order valence-electron chi connectivity index (χ2n) is 6.97. The second kappa shape index (κ2) is 8.08. The van der Waals surface area contributed by atoms with Crippen molar-refractivity contribution < 1.29 is 17.6 Å². The molecule has 2 N–H and O–H groups in total. The maximum Gasteiger partial charge on any atom is 0.266 e. The average molecular weight is 441 g/mol. The summed E-state index contributed by atoms with van der Waals surface area (Å²) in [7, 11) is 0. The Hall–Kier alpha value is -2.90. The van der Waals surface area contributed by atoms with Crippen molar-refractivity contribution in [1.82, 2.24) is 14.5 Å². The molecule has 1 aliphatic rings. The van der Waals surface area contributed by atoms with E-state index < -0.39 is 30.0 Å². The van der Waals surface area contributed by atoms with E-state index in [4.69, 9.17) is 11.0 Å². The maximum absolute atomic E-state index is 13.9. The first kappa shape index (κ1) is 21.8. The number of hydrogen-bond donors (Lipinski definition) is 1. The molecular formula is C19H17ClF4N6.